The van der Waals surface area contributed by atoms with Crippen LogP contribution in [-0.4, -0.2) is 5.91 Å². The summed E-state index contributed by atoms with van der Waals surface area (Å²) < 4.78 is 13.5. The van der Waals surface area contributed by atoms with Gasteiger partial charge in [0.1, 0.15) is 5.82 Å². The fourth-order valence-corrected chi connectivity index (χ4v) is 2.12. The van der Waals surface area contributed by atoms with Crippen molar-refractivity contribution in [2.45, 2.75) is 13.0 Å². The maximum atomic E-state index is 13.5. The molecule has 2 nitrogen and oxygen atoms in total. The van der Waals surface area contributed by atoms with Crippen LogP contribution in [0.1, 0.15) is 28.9 Å². The molecule has 0 heterocycles. The van der Waals surface area contributed by atoms with Crippen LogP contribution in [0, 0.1) is 5.82 Å². The molecule has 98 valence electrons. The van der Waals surface area contributed by atoms with E-state index >= 15 is 0 Å². The second kappa shape index (κ2) is 5.85. The van der Waals surface area contributed by atoms with Crippen molar-refractivity contribution in [1.29, 1.82) is 0 Å². The molecule has 0 fully saturated rings. The lowest BCUT2D eigenvalue weighted by molar-refractivity contribution is 0.0936. The van der Waals surface area contributed by atoms with Crippen molar-refractivity contribution in [2.24, 2.45) is 0 Å². The zero-order valence-corrected chi connectivity index (χ0v) is 11.1. The van der Waals surface area contributed by atoms with Crippen molar-refractivity contribution in [3.05, 3.63) is 70.5 Å². The lowest BCUT2D eigenvalue weighted by Gasteiger charge is -2.15. The molecule has 2 aromatic rings. The van der Waals surface area contributed by atoms with Gasteiger partial charge in [-0.15, -0.1) is 0 Å². The Morgan fingerprint density at radius 1 is 1.16 bits per heavy atom. The third kappa shape index (κ3) is 3.12. The van der Waals surface area contributed by atoms with Crippen molar-refractivity contribution >= 4 is 17.5 Å². The minimum absolute atomic E-state index is 0.0291. The van der Waals surface area contributed by atoms with Crippen molar-refractivity contribution < 1.29 is 9.18 Å². The molecule has 0 bridgehead atoms. The molecule has 1 atom stereocenters. The van der Waals surface area contributed by atoms with Crippen molar-refractivity contribution in [3.63, 3.8) is 0 Å². The topological polar surface area (TPSA) is 29.1 Å². The van der Waals surface area contributed by atoms with Gasteiger partial charge in [0.2, 0.25) is 0 Å². The van der Waals surface area contributed by atoms with E-state index in [-0.39, 0.29) is 11.6 Å². The van der Waals surface area contributed by atoms with Gasteiger partial charge in [0.15, 0.2) is 0 Å². The Bertz CT molecular complexity index is 600. The molecule has 0 aromatic heterocycles. The third-order valence-electron chi connectivity index (χ3n) is 2.84. The number of hydrogen-bond donors (Lipinski definition) is 1. The SMILES string of the molecule is CC(NC(=O)c1ccccc1F)c1ccccc1Cl. The van der Waals surface area contributed by atoms with Gasteiger partial charge in [0.05, 0.1) is 11.6 Å². The van der Waals surface area contributed by atoms with Gasteiger partial charge in [-0.25, -0.2) is 4.39 Å². The first kappa shape index (κ1) is 13.6. The fraction of sp³-hybridized carbons (Fsp3) is 0.133. The van der Waals surface area contributed by atoms with Crippen LogP contribution in [0.15, 0.2) is 48.5 Å². The maximum Gasteiger partial charge on any atom is 0.254 e. The van der Waals surface area contributed by atoms with Crippen LogP contribution in [0.2, 0.25) is 5.02 Å². The average molecular weight is 278 g/mol. The molecule has 2 rings (SSSR count). The number of nitrogens with one attached hydrogen (secondary N) is 1. The highest BCUT2D eigenvalue weighted by Gasteiger charge is 2.15. The molecule has 0 spiro atoms. The van der Waals surface area contributed by atoms with E-state index in [2.05, 4.69) is 5.32 Å². The largest absolute Gasteiger partial charge is 0.345 e. The van der Waals surface area contributed by atoms with Crippen LogP contribution in [0.25, 0.3) is 0 Å². The monoisotopic (exact) mass is 277 g/mol. The molecule has 1 unspecified atom stereocenters. The van der Waals surface area contributed by atoms with Crippen LogP contribution < -0.4 is 5.32 Å². The van der Waals surface area contributed by atoms with Gasteiger partial charge < -0.3 is 5.32 Å². The highest BCUT2D eigenvalue weighted by Crippen LogP contribution is 2.22. The van der Waals surface area contributed by atoms with E-state index in [1.807, 2.05) is 18.2 Å². The zero-order valence-electron chi connectivity index (χ0n) is 10.4. The summed E-state index contributed by atoms with van der Waals surface area (Å²) in [6, 6.07) is 12.8. The second-order valence-electron chi connectivity index (χ2n) is 4.20. The number of carbonyl (C=O) groups is 1. The zero-order chi connectivity index (χ0) is 13.8. The number of hydrogen-bond acceptors (Lipinski definition) is 1. The van der Waals surface area contributed by atoms with Crippen molar-refractivity contribution in [1.82, 2.24) is 5.32 Å². The molecule has 2 aromatic carbocycles. The third-order valence-corrected chi connectivity index (χ3v) is 3.18. The molecule has 1 amide bonds. The normalized spacial score (nSPS) is 11.9. The molecule has 4 heteroatoms. The van der Waals surface area contributed by atoms with Crippen molar-refractivity contribution in [3.8, 4) is 0 Å². The molecular weight excluding hydrogens is 265 g/mol. The molecule has 0 aliphatic carbocycles. The average Bonchev–Trinajstić information content (AvgIpc) is 2.39. The molecular formula is C15H13ClFNO. The molecule has 0 saturated carbocycles. The first-order valence-corrected chi connectivity index (χ1v) is 6.27. The summed E-state index contributed by atoms with van der Waals surface area (Å²) in [6.45, 7) is 1.81. The lowest BCUT2D eigenvalue weighted by Crippen LogP contribution is -2.27. The fourth-order valence-electron chi connectivity index (χ4n) is 1.82. The first-order valence-electron chi connectivity index (χ1n) is 5.89. The van der Waals surface area contributed by atoms with E-state index in [9.17, 15) is 9.18 Å². The van der Waals surface area contributed by atoms with Crippen molar-refractivity contribution in [2.75, 3.05) is 0 Å². The molecule has 0 radical (unpaired) electrons. The summed E-state index contributed by atoms with van der Waals surface area (Å²) in [6.07, 6.45) is 0. The van der Waals surface area contributed by atoms with E-state index in [1.54, 1.807) is 25.1 Å². The van der Waals surface area contributed by atoms with Crippen LogP contribution in [-0.2, 0) is 0 Å². The Kier molecular flexibility index (Phi) is 4.17. The standard InChI is InChI=1S/C15H13ClFNO/c1-10(11-6-2-4-8-13(11)16)18-15(19)12-7-3-5-9-14(12)17/h2-10H,1H3,(H,18,19). The van der Waals surface area contributed by atoms with Crippen LogP contribution in [0.5, 0.6) is 0 Å². The summed E-state index contributed by atoms with van der Waals surface area (Å²) >= 11 is 6.05. The number of rotatable bonds is 3. The van der Waals surface area contributed by atoms with Gasteiger partial charge in [-0.3, -0.25) is 4.79 Å². The molecule has 19 heavy (non-hydrogen) atoms. The predicted molar refractivity (Wildman–Crippen MR) is 73.7 cm³/mol. The van der Waals surface area contributed by atoms with Crippen LogP contribution in [0.4, 0.5) is 4.39 Å². The molecule has 1 N–H and O–H groups in total. The van der Waals surface area contributed by atoms with Gasteiger partial charge in [0, 0.05) is 5.02 Å². The molecule has 0 aliphatic heterocycles. The summed E-state index contributed by atoms with van der Waals surface area (Å²) in [7, 11) is 0. The highest BCUT2D eigenvalue weighted by molar-refractivity contribution is 6.31. The molecule has 0 saturated heterocycles. The quantitative estimate of drug-likeness (QED) is 0.904. The lowest BCUT2D eigenvalue weighted by atomic mass is 10.1. The van der Waals surface area contributed by atoms with E-state index in [0.29, 0.717) is 5.02 Å². The Hall–Kier alpha value is -1.87. The highest BCUT2D eigenvalue weighted by atomic mass is 35.5. The Morgan fingerprint density at radius 3 is 2.47 bits per heavy atom. The molecule has 0 aliphatic rings. The summed E-state index contributed by atoms with van der Waals surface area (Å²) in [5.41, 5.74) is 0.829. The number of carbonyl (C=O) groups excluding carboxylic acids is 1. The van der Waals surface area contributed by atoms with Gasteiger partial charge in [-0.2, -0.15) is 0 Å². The van der Waals surface area contributed by atoms with Gasteiger partial charge in [-0.05, 0) is 30.7 Å². The van der Waals surface area contributed by atoms with Crippen LogP contribution in [0.3, 0.4) is 0 Å². The van der Waals surface area contributed by atoms with Crippen LogP contribution >= 0.6 is 11.6 Å². The van der Waals surface area contributed by atoms with E-state index in [0.717, 1.165) is 5.56 Å². The Labute approximate surface area is 116 Å². The minimum atomic E-state index is -0.536. The van der Waals surface area contributed by atoms with Gasteiger partial charge >= 0.3 is 0 Å². The first-order chi connectivity index (χ1) is 9.09. The summed E-state index contributed by atoms with van der Waals surface area (Å²) in [5, 5.41) is 3.30. The van der Waals surface area contributed by atoms with E-state index in [1.165, 1.54) is 12.1 Å². The van der Waals surface area contributed by atoms with E-state index < -0.39 is 11.7 Å². The Morgan fingerprint density at radius 2 is 1.79 bits per heavy atom. The predicted octanol–water partition coefficient (Wildman–Crippen LogP) is 3.97. The van der Waals surface area contributed by atoms with Gasteiger partial charge in [-0.1, -0.05) is 41.9 Å². The van der Waals surface area contributed by atoms with Gasteiger partial charge in [0.25, 0.3) is 5.91 Å². The Balaban J connectivity index is 2.16. The smallest absolute Gasteiger partial charge is 0.254 e. The number of halogens is 2. The maximum absolute atomic E-state index is 13.5. The second-order valence-corrected chi connectivity index (χ2v) is 4.60. The van der Waals surface area contributed by atoms with E-state index in [4.69, 9.17) is 11.6 Å². The summed E-state index contributed by atoms with van der Waals surface area (Å²) in [4.78, 5) is 12.0. The summed E-state index contributed by atoms with van der Waals surface area (Å²) in [5.74, 6) is -0.989. The minimum Gasteiger partial charge on any atom is -0.345 e. The number of benzene rings is 2. The number of amides is 1.